The van der Waals surface area contributed by atoms with Crippen molar-refractivity contribution in [1.82, 2.24) is 5.32 Å². The van der Waals surface area contributed by atoms with Gasteiger partial charge in [-0.25, -0.2) is 4.79 Å². The molecule has 0 saturated carbocycles. The molecule has 1 fully saturated rings. The number of benzene rings is 3. The van der Waals surface area contributed by atoms with Crippen LogP contribution < -0.4 is 30.5 Å². The Morgan fingerprint density at radius 3 is 2.29 bits per heavy atom. The number of nitrogens with zero attached hydrogens (tertiary/aromatic N) is 2. The maximum absolute atomic E-state index is 13.1. The van der Waals surface area contributed by atoms with Gasteiger partial charge >= 0.3 is 6.03 Å². The zero-order chi connectivity index (χ0) is 27.1. The number of rotatable bonds is 8. The van der Waals surface area contributed by atoms with Crippen LogP contribution >= 0.6 is 23.2 Å². The van der Waals surface area contributed by atoms with Gasteiger partial charge in [0.2, 0.25) is 0 Å². The first-order valence-electron chi connectivity index (χ1n) is 12.5. The van der Waals surface area contributed by atoms with E-state index in [1.165, 1.54) is 0 Å². The van der Waals surface area contributed by atoms with Gasteiger partial charge in [0.15, 0.2) is 0 Å². The number of anilines is 4. The Morgan fingerprint density at radius 1 is 0.895 bits per heavy atom. The smallest absolute Gasteiger partial charge is 0.323 e. The van der Waals surface area contributed by atoms with Gasteiger partial charge in [-0.3, -0.25) is 4.79 Å². The predicted molar refractivity (Wildman–Crippen MR) is 156 cm³/mol. The molecule has 0 atom stereocenters. The molecular formula is C28H31Cl2N5O3. The van der Waals surface area contributed by atoms with Crippen molar-refractivity contribution in [3.63, 3.8) is 0 Å². The number of hydrogen-bond acceptors (Lipinski definition) is 5. The summed E-state index contributed by atoms with van der Waals surface area (Å²) in [7, 11) is 1.68. The van der Waals surface area contributed by atoms with E-state index in [0.717, 1.165) is 49.7 Å². The number of halogens is 2. The van der Waals surface area contributed by atoms with E-state index in [-0.39, 0.29) is 5.91 Å². The van der Waals surface area contributed by atoms with Gasteiger partial charge in [0.25, 0.3) is 5.91 Å². The molecule has 0 aliphatic carbocycles. The number of nitrogens with one attached hydrogen (secondary N) is 3. The highest BCUT2D eigenvalue weighted by Crippen LogP contribution is 2.31. The van der Waals surface area contributed by atoms with Crippen LogP contribution in [0.1, 0.15) is 23.7 Å². The quantitative estimate of drug-likeness (QED) is 0.312. The van der Waals surface area contributed by atoms with Crippen LogP contribution in [0.2, 0.25) is 10.0 Å². The van der Waals surface area contributed by atoms with Crippen molar-refractivity contribution < 1.29 is 14.3 Å². The van der Waals surface area contributed by atoms with Gasteiger partial charge in [0.1, 0.15) is 5.75 Å². The number of carbonyl (C=O) groups excluding carboxylic acids is 2. The van der Waals surface area contributed by atoms with Crippen molar-refractivity contribution in [2.24, 2.45) is 0 Å². The summed E-state index contributed by atoms with van der Waals surface area (Å²) in [5.41, 5.74) is 3.31. The van der Waals surface area contributed by atoms with Crippen molar-refractivity contribution in [3.05, 3.63) is 76.3 Å². The molecule has 0 bridgehead atoms. The lowest BCUT2D eigenvalue weighted by Gasteiger charge is -2.38. The van der Waals surface area contributed by atoms with E-state index >= 15 is 0 Å². The van der Waals surface area contributed by atoms with Crippen LogP contribution in [0.3, 0.4) is 0 Å². The summed E-state index contributed by atoms with van der Waals surface area (Å²) in [4.78, 5) is 30.2. The summed E-state index contributed by atoms with van der Waals surface area (Å²) < 4.78 is 5.53. The third kappa shape index (κ3) is 6.62. The molecule has 0 aromatic heterocycles. The average molecular weight is 556 g/mol. The number of para-hydroxylation sites is 2. The van der Waals surface area contributed by atoms with E-state index in [9.17, 15) is 9.59 Å². The number of piperazine rings is 1. The first kappa shape index (κ1) is 27.4. The summed E-state index contributed by atoms with van der Waals surface area (Å²) in [5, 5.41) is 9.27. The van der Waals surface area contributed by atoms with Crippen LogP contribution in [0.25, 0.3) is 0 Å². The van der Waals surface area contributed by atoms with E-state index < -0.39 is 6.03 Å². The van der Waals surface area contributed by atoms with Crippen molar-refractivity contribution >= 4 is 57.9 Å². The van der Waals surface area contributed by atoms with E-state index in [1.807, 2.05) is 31.2 Å². The van der Waals surface area contributed by atoms with Crippen LogP contribution in [0, 0.1) is 0 Å². The van der Waals surface area contributed by atoms with Crippen LogP contribution in [0.5, 0.6) is 5.75 Å². The van der Waals surface area contributed by atoms with E-state index in [4.69, 9.17) is 27.9 Å². The van der Waals surface area contributed by atoms with Crippen LogP contribution in [0.15, 0.2) is 60.7 Å². The predicted octanol–water partition coefficient (Wildman–Crippen LogP) is 6.11. The summed E-state index contributed by atoms with van der Waals surface area (Å²) in [6.07, 6.45) is 0.820. The van der Waals surface area contributed by atoms with E-state index in [0.29, 0.717) is 33.5 Å². The summed E-state index contributed by atoms with van der Waals surface area (Å²) >= 11 is 12.1. The zero-order valence-electron chi connectivity index (χ0n) is 21.4. The average Bonchev–Trinajstić information content (AvgIpc) is 2.93. The van der Waals surface area contributed by atoms with Gasteiger partial charge < -0.3 is 30.5 Å². The van der Waals surface area contributed by atoms with Crippen LogP contribution in [0.4, 0.5) is 27.5 Å². The lowest BCUT2D eigenvalue weighted by Crippen LogP contribution is -2.47. The van der Waals surface area contributed by atoms with Gasteiger partial charge in [-0.15, -0.1) is 0 Å². The normalized spacial score (nSPS) is 13.2. The fraction of sp³-hybridized carbons (Fsp3) is 0.286. The Hall–Kier alpha value is -3.62. The lowest BCUT2D eigenvalue weighted by molar-refractivity contribution is 0.0954. The Morgan fingerprint density at radius 2 is 1.61 bits per heavy atom. The largest absolute Gasteiger partial charge is 0.495 e. The van der Waals surface area contributed by atoms with Gasteiger partial charge in [0, 0.05) is 49.1 Å². The highest BCUT2D eigenvalue weighted by Gasteiger charge is 2.24. The zero-order valence-corrected chi connectivity index (χ0v) is 22.9. The minimum Gasteiger partial charge on any atom is -0.495 e. The van der Waals surface area contributed by atoms with Crippen molar-refractivity contribution in [3.8, 4) is 5.75 Å². The van der Waals surface area contributed by atoms with Crippen LogP contribution in [-0.4, -0.2) is 51.8 Å². The Balaban J connectivity index is 1.50. The molecule has 0 unspecified atom stereocenters. The molecule has 10 heteroatoms. The summed E-state index contributed by atoms with van der Waals surface area (Å²) in [6, 6.07) is 17.7. The SMILES string of the molecule is CCCNC(=O)c1cc(NC(=O)Nc2ccc(Cl)cc2Cl)ccc1N1CCN(c2ccccc2OC)CC1. The second-order valence-electron chi connectivity index (χ2n) is 8.84. The molecule has 3 aromatic rings. The van der Waals surface area contributed by atoms with E-state index in [1.54, 1.807) is 37.4 Å². The first-order valence-corrected chi connectivity index (χ1v) is 13.2. The maximum Gasteiger partial charge on any atom is 0.323 e. The molecule has 0 spiro atoms. The van der Waals surface area contributed by atoms with Gasteiger partial charge in [-0.05, 0) is 55.0 Å². The molecule has 1 heterocycles. The highest BCUT2D eigenvalue weighted by atomic mass is 35.5. The number of amides is 3. The number of ether oxygens (including phenoxy) is 1. The second kappa shape index (κ2) is 12.8. The first-order chi connectivity index (χ1) is 18.4. The Kier molecular flexibility index (Phi) is 9.20. The molecule has 1 aliphatic rings. The van der Waals surface area contributed by atoms with Crippen molar-refractivity contribution in [2.75, 3.05) is 60.3 Å². The third-order valence-corrected chi connectivity index (χ3v) is 6.81. The molecule has 0 radical (unpaired) electrons. The van der Waals surface area contributed by atoms with Gasteiger partial charge in [-0.1, -0.05) is 42.3 Å². The number of hydrogen-bond donors (Lipinski definition) is 3. The number of urea groups is 1. The van der Waals surface area contributed by atoms with E-state index in [2.05, 4.69) is 31.8 Å². The minimum absolute atomic E-state index is 0.182. The highest BCUT2D eigenvalue weighted by molar-refractivity contribution is 6.36. The summed E-state index contributed by atoms with van der Waals surface area (Å²) in [5.74, 6) is 0.660. The maximum atomic E-state index is 13.1. The van der Waals surface area contributed by atoms with Gasteiger partial charge in [0.05, 0.1) is 29.1 Å². The van der Waals surface area contributed by atoms with Crippen LogP contribution in [-0.2, 0) is 0 Å². The Bertz CT molecular complexity index is 1300. The molecule has 3 aromatic carbocycles. The molecular weight excluding hydrogens is 525 g/mol. The number of methoxy groups -OCH3 is 1. The molecule has 4 rings (SSSR count). The fourth-order valence-electron chi connectivity index (χ4n) is 4.36. The molecule has 1 saturated heterocycles. The second-order valence-corrected chi connectivity index (χ2v) is 9.68. The van der Waals surface area contributed by atoms with Gasteiger partial charge in [-0.2, -0.15) is 0 Å². The van der Waals surface area contributed by atoms with Crippen molar-refractivity contribution in [2.45, 2.75) is 13.3 Å². The van der Waals surface area contributed by atoms with Crippen molar-refractivity contribution in [1.29, 1.82) is 0 Å². The topological polar surface area (TPSA) is 85.9 Å². The Labute approximate surface area is 232 Å². The molecule has 3 amide bonds. The minimum atomic E-state index is -0.479. The number of carbonyl (C=O) groups is 2. The molecule has 1 aliphatic heterocycles. The lowest BCUT2D eigenvalue weighted by atomic mass is 10.1. The molecule has 3 N–H and O–H groups in total. The standard InChI is InChI=1S/C28H31Cl2N5O3/c1-3-12-31-27(36)21-18-20(32-28(37)33-23-10-8-19(29)17-22(23)30)9-11-24(21)34-13-15-35(16-14-34)25-6-4-5-7-26(25)38-2/h4-11,17-18H,3,12-16H2,1-2H3,(H,31,36)(H2,32,33,37). The fourth-order valence-corrected chi connectivity index (χ4v) is 4.82. The monoisotopic (exact) mass is 555 g/mol. The summed E-state index contributed by atoms with van der Waals surface area (Å²) in [6.45, 7) is 5.58. The third-order valence-electron chi connectivity index (χ3n) is 6.26. The molecule has 200 valence electrons. The molecule has 38 heavy (non-hydrogen) atoms. The molecule has 8 nitrogen and oxygen atoms in total.